The first-order chi connectivity index (χ1) is 10.4. The summed E-state index contributed by atoms with van der Waals surface area (Å²) >= 11 is 0. The highest BCUT2D eigenvalue weighted by molar-refractivity contribution is 7.91. The van der Waals surface area contributed by atoms with Crippen LogP contribution in [0.4, 0.5) is 0 Å². The van der Waals surface area contributed by atoms with Gasteiger partial charge in [0.05, 0.1) is 18.1 Å². The van der Waals surface area contributed by atoms with Crippen molar-refractivity contribution in [3.8, 4) is 0 Å². The van der Waals surface area contributed by atoms with Gasteiger partial charge in [0, 0.05) is 44.7 Å². The summed E-state index contributed by atoms with van der Waals surface area (Å²) in [5.41, 5.74) is 0. The zero-order chi connectivity index (χ0) is 16.2. The maximum absolute atomic E-state index is 12.6. The quantitative estimate of drug-likeness (QED) is 0.681. The van der Waals surface area contributed by atoms with Crippen LogP contribution in [0, 0.1) is 5.92 Å². The molecule has 2 fully saturated rings. The summed E-state index contributed by atoms with van der Waals surface area (Å²) in [7, 11) is -2.91. The summed E-state index contributed by atoms with van der Waals surface area (Å²) in [5, 5.41) is 0. The predicted molar refractivity (Wildman–Crippen MR) is 85.5 cm³/mol. The molecule has 0 aromatic carbocycles. The summed E-state index contributed by atoms with van der Waals surface area (Å²) in [5.74, 6) is 0.359. The molecule has 0 radical (unpaired) electrons. The average molecular weight is 332 g/mol. The molecule has 0 bridgehead atoms. The highest BCUT2D eigenvalue weighted by Crippen LogP contribution is 2.22. The summed E-state index contributed by atoms with van der Waals surface area (Å²) < 4.78 is 28.3. The molecule has 1 unspecified atom stereocenters. The molecule has 0 aliphatic carbocycles. The van der Waals surface area contributed by atoms with Gasteiger partial charge in [-0.15, -0.1) is 0 Å². The van der Waals surface area contributed by atoms with Crippen LogP contribution < -0.4 is 0 Å². The van der Waals surface area contributed by atoms with Crippen LogP contribution in [0.3, 0.4) is 0 Å². The molecule has 6 nitrogen and oxygen atoms in total. The monoisotopic (exact) mass is 332 g/mol. The summed E-state index contributed by atoms with van der Waals surface area (Å²) in [6.07, 6.45) is 0.972. The molecule has 0 aromatic heterocycles. The first kappa shape index (κ1) is 17.7. The van der Waals surface area contributed by atoms with Gasteiger partial charge in [-0.1, -0.05) is 0 Å². The fourth-order valence-electron chi connectivity index (χ4n) is 3.25. The Morgan fingerprint density at radius 3 is 2.50 bits per heavy atom. The van der Waals surface area contributed by atoms with Crippen LogP contribution in [0.2, 0.25) is 0 Å². The van der Waals surface area contributed by atoms with E-state index >= 15 is 0 Å². The molecule has 2 saturated heterocycles. The number of carbonyl (C=O) groups is 1. The van der Waals surface area contributed by atoms with E-state index in [0.29, 0.717) is 18.9 Å². The Balaban J connectivity index is 1.81. The molecule has 2 heterocycles. The van der Waals surface area contributed by atoms with E-state index in [-0.39, 0.29) is 23.3 Å². The maximum Gasteiger partial charge on any atom is 0.225 e. The SMILES string of the molecule is CCOCCN1CCN(C(=O)C2CCS(=O)(=O)CC2)CC1C. The van der Waals surface area contributed by atoms with Crippen molar-refractivity contribution < 1.29 is 17.9 Å². The highest BCUT2D eigenvalue weighted by Gasteiger charge is 2.34. The van der Waals surface area contributed by atoms with Gasteiger partial charge in [0.15, 0.2) is 0 Å². The Labute approximate surface area is 133 Å². The van der Waals surface area contributed by atoms with E-state index < -0.39 is 9.84 Å². The van der Waals surface area contributed by atoms with Gasteiger partial charge < -0.3 is 9.64 Å². The molecule has 22 heavy (non-hydrogen) atoms. The standard InChI is InChI=1S/C15H28N2O4S/c1-3-21-9-8-16-6-7-17(12-13(16)2)15(18)14-4-10-22(19,20)11-5-14/h13-14H,3-12H2,1-2H3. The maximum atomic E-state index is 12.6. The first-order valence-electron chi connectivity index (χ1n) is 8.24. The fourth-order valence-corrected chi connectivity index (χ4v) is 4.74. The zero-order valence-corrected chi connectivity index (χ0v) is 14.5. The van der Waals surface area contributed by atoms with Crippen molar-refractivity contribution in [3.63, 3.8) is 0 Å². The third-order valence-corrected chi connectivity index (χ3v) is 6.42. The molecule has 2 aliphatic heterocycles. The Morgan fingerprint density at radius 1 is 1.23 bits per heavy atom. The second-order valence-electron chi connectivity index (χ2n) is 6.29. The average Bonchev–Trinajstić information content (AvgIpc) is 2.48. The second-order valence-corrected chi connectivity index (χ2v) is 8.60. The molecule has 2 aliphatic rings. The number of hydrogen-bond donors (Lipinski definition) is 0. The third-order valence-electron chi connectivity index (χ3n) is 4.71. The number of rotatable bonds is 5. The van der Waals surface area contributed by atoms with Gasteiger partial charge in [0.25, 0.3) is 0 Å². The van der Waals surface area contributed by atoms with E-state index in [1.165, 1.54) is 0 Å². The van der Waals surface area contributed by atoms with Crippen LogP contribution in [0.15, 0.2) is 0 Å². The fraction of sp³-hybridized carbons (Fsp3) is 0.933. The van der Waals surface area contributed by atoms with Crippen LogP contribution in [-0.4, -0.2) is 81.1 Å². The molecule has 2 rings (SSSR count). The lowest BCUT2D eigenvalue weighted by molar-refractivity contribution is -0.138. The van der Waals surface area contributed by atoms with E-state index in [1.807, 2.05) is 11.8 Å². The first-order valence-corrected chi connectivity index (χ1v) is 10.1. The van der Waals surface area contributed by atoms with E-state index in [1.54, 1.807) is 0 Å². The zero-order valence-electron chi connectivity index (χ0n) is 13.7. The van der Waals surface area contributed by atoms with Gasteiger partial charge in [0.1, 0.15) is 9.84 Å². The van der Waals surface area contributed by atoms with Gasteiger partial charge in [-0.05, 0) is 26.7 Å². The largest absolute Gasteiger partial charge is 0.380 e. The summed E-state index contributed by atoms with van der Waals surface area (Å²) in [6, 6.07) is 0.325. The lowest BCUT2D eigenvalue weighted by Crippen LogP contribution is -2.55. The second kappa shape index (κ2) is 7.75. The van der Waals surface area contributed by atoms with E-state index in [9.17, 15) is 13.2 Å². The van der Waals surface area contributed by atoms with E-state index in [4.69, 9.17) is 4.74 Å². The number of amides is 1. The molecular formula is C15H28N2O4S. The van der Waals surface area contributed by atoms with Crippen molar-refractivity contribution in [1.82, 2.24) is 9.80 Å². The Bertz CT molecular complexity index is 466. The van der Waals surface area contributed by atoms with Crippen LogP contribution in [0.5, 0.6) is 0 Å². The topological polar surface area (TPSA) is 66.9 Å². The van der Waals surface area contributed by atoms with Crippen molar-refractivity contribution >= 4 is 15.7 Å². The number of piperazine rings is 1. The minimum atomic E-state index is -2.91. The van der Waals surface area contributed by atoms with Gasteiger partial charge in [0.2, 0.25) is 5.91 Å². The Morgan fingerprint density at radius 2 is 1.91 bits per heavy atom. The minimum absolute atomic E-state index is 0.106. The summed E-state index contributed by atoms with van der Waals surface area (Å²) in [6.45, 7) is 8.82. The molecule has 0 saturated carbocycles. The number of hydrogen-bond acceptors (Lipinski definition) is 5. The minimum Gasteiger partial charge on any atom is -0.380 e. The third kappa shape index (κ3) is 4.67. The molecule has 128 valence electrons. The van der Waals surface area contributed by atoms with Gasteiger partial charge >= 0.3 is 0 Å². The van der Waals surface area contributed by atoms with Crippen molar-refractivity contribution in [2.45, 2.75) is 32.7 Å². The number of sulfone groups is 1. The summed E-state index contributed by atoms with van der Waals surface area (Å²) in [4.78, 5) is 16.8. The van der Waals surface area contributed by atoms with Crippen molar-refractivity contribution in [2.24, 2.45) is 5.92 Å². The van der Waals surface area contributed by atoms with Gasteiger partial charge in [-0.25, -0.2) is 8.42 Å². The van der Waals surface area contributed by atoms with Crippen molar-refractivity contribution in [1.29, 1.82) is 0 Å². The molecule has 0 spiro atoms. The van der Waals surface area contributed by atoms with E-state index in [2.05, 4.69) is 11.8 Å². The molecule has 1 atom stereocenters. The Hall–Kier alpha value is -0.660. The molecule has 7 heteroatoms. The van der Waals surface area contributed by atoms with Crippen molar-refractivity contribution in [3.05, 3.63) is 0 Å². The van der Waals surface area contributed by atoms with E-state index in [0.717, 1.165) is 39.4 Å². The van der Waals surface area contributed by atoms with Crippen LogP contribution in [0.25, 0.3) is 0 Å². The molecule has 0 aromatic rings. The number of carbonyl (C=O) groups excluding carboxylic acids is 1. The van der Waals surface area contributed by atoms with Gasteiger partial charge in [-0.2, -0.15) is 0 Å². The predicted octanol–water partition coefficient (Wildman–Crippen LogP) is 0.380. The number of ether oxygens (including phenoxy) is 1. The molecular weight excluding hydrogens is 304 g/mol. The Kier molecular flexibility index (Phi) is 6.23. The lowest BCUT2D eigenvalue weighted by Gasteiger charge is -2.41. The highest BCUT2D eigenvalue weighted by atomic mass is 32.2. The lowest BCUT2D eigenvalue weighted by atomic mass is 10.00. The smallest absolute Gasteiger partial charge is 0.225 e. The van der Waals surface area contributed by atoms with Crippen molar-refractivity contribution in [2.75, 3.05) is 50.9 Å². The molecule has 0 N–H and O–H groups in total. The van der Waals surface area contributed by atoms with Crippen LogP contribution in [0.1, 0.15) is 26.7 Å². The van der Waals surface area contributed by atoms with Crippen LogP contribution >= 0.6 is 0 Å². The van der Waals surface area contributed by atoms with Gasteiger partial charge in [-0.3, -0.25) is 9.69 Å². The molecule has 1 amide bonds. The van der Waals surface area contributed by atoms with Crippen LogP contribution in [-0.2, 0) is 19.4 Å². The normalized spacial score (nSPS) is 27.0. The number of nitrogens with zero attached hydrogens (tertiary/aromatic N) is 2.